The van der Waals surface area contributed by atoms with Gasteiger partial charge in [-0.15, -0.1) is 0 Å². The molecule has 150 valence electrons. The first-order valence-corrected chi connectivity index (χ1v) is 11.5. The summed E-state index contributed by atoms with van der Waals surface area (Å²) < 4.78 is 5.95. The number of rotatable bonds is 10. The van der Waals surface area contributed by atoms with E-state index >= 15 is 0 Å². The first kappa shape index (κ1) is 20.7. The molecule has 1 fully saturated rings. The Labute approximate surface area is 168 Å². The van der Waals surface area contributed by atoms with E-state index < -0.39 is 6.10 Å². The van der Waals surface area contributed by atoms with Gasteiger partial charge in [-0.2, -0.15) is 11.8 Å². The van der Waals surface area contributed by atoms with E-state index in [1.54, 1.807) is 5.57 Å². The minimum atomic E-state index is -0.438. The summed E-state index contributed by atoms with van der Waals surface area (Å²) in [5, 5.41) is 13.9. The zero-order valence-electron chi connectivity index (χ0n) is 16.4. The van der Waals surface area contributed by atoms with Crippen molar-refractivity contribution in [1.29, 1.82) is 0 Å². The third-order valence-electron chi connectivity index (χ3n) is 5.30. The first-order chi connectivity index (χ1) is 13.3. The van der Waals surface area contributed by atoms with Gasteiger partial charge in [0.1, 0.15) is 18.5 Å². The smallest absolute Gasteiger partial charge is 0.123 e. The van der Waals surface area contributed by atoms with E-state index in [4.69, 9.17) is 4.74 Å². The Hall–Kier alpha value is -1.01. The van der Waals surface area contributed by atoms with Crippen molar-refractivity contribution in [2.24, 2.45) is 0 Å². The van der Waals surface area contributed by atoms with Crippen molar-refractivity contribution in [3.8, 4) is 5.75 Å². The Kier molecular flexibility index (Phi) is 9.01. The number of nitrogens with one attached hydrogen (secondary N) is 1. The molecule has 2 N–H and O–H groups in total. The van der Waals surface area contributed by atoms with Crippen LogP contribution in [0.15, 0.2) is 35.9 Å². The quantitative estimate of drug-likeness (QED) is 0.473. The van der Waals surface area contributed by atoms with E-state index in [2.05, 4.69) is 28.4 Å². The molecule has 0 radical (unpaired) electrons. The third kappa shape index (κ3) is 7.49. The minimum absolute atomic E-state index is 0.355. The summed E-state index contributed by atoms with van der Waals surface area (Å²) in [6, 6.07) is 8.16. The molecule has 0 saturated carbocycles. The first-order valence-electron chi connectivity index (χ1n) is 10.4. The molecule has 2 aliphatic rings. The van der Waals surface area contributed by atoms with Gasteiger partial charge in [0.2, 0.25) is 0 Å². The molecule has 0 amide bonds. The molecule has 1 heterocycles. The van der Waals surface area contributed by atoms with Crippen LogP contribution in [0.25, 0.3) is 0 Å². The second kappa shape index (κ2) is 11.7. The predicted molar refractivity (Wildman–Crippen MR) is 115 cm³/mol. The summed E-state index contributed by atoms with van der Waals surface area (Å²) in [6.07, 6.45) is 8.36. The lowest BCUT2D eigenvalue weighted by Gasteiger charge is -2.28. The maximum Gasteiger partial charge on any atom is 0.123 e. The summed E-state index contributed by atoms with van der Waals surface area (Å²) in [6.45, 7) is 5.01. The van der Waals surface area contributed by atoms with Gasteiger partial charge in [-0.05, 0) is 44.7 Å². The number of aliphatic hydroxyl groups is 1. The number of β-amino-alcohol motifs (C(OH)–C–C–N with tert-alkyl or cyclic N) is 1. The number of thioether (sulfide) groups is 1. The van der Waals surface area contributed by atoms with Crippen molar-refractivity contribution in [3.05, 3.63) is 41.5 Å². The van der Waals surface area contributed by atoms with Gasteiger partial charge in [-0.3, -0.25) is 4.90 Å². The van der Waals surface area contributed by atoms with Crippen molar-refractivity contribution >= 4 is 11.8 Å². The monoisotopic (exact) mass is 390 g/mol. The van der Waals surface area contributed by atoms with Crippen LogP contribution in [0, 0.1) is 0 Å². The van der Waals surface area contributed by atoms with Gasteiger partial charge in [0, 0.05) is 43.2 Å². The largest absolute Gasteiger partial charge is 0.491 e. The molecule has 3 rings (SSSR count). The molecule has 1 aromatic carbocycles. The molecule has 1 aliphatic heterocycles. The number of para-hydroxylation sites is 1. The zero-order valence-corrected chi connectivity index (χ0v) is 17.2. The van der Waals surface area contributed by atoms with E-state index in [-0.39, 0.29) is 0 Å². The van der Waals surface area contributed by atoms with Crippen LogP contribution in [0.5, 0.6) is 5.75 Å². The number of benzene rings is 1. The predicted octanol–water partition coefficient (Wildman–Crippen LogP) is 3.46. The Balaban J connectivity index is 1.39. The summed E-state index contributed by atoms with van der Waals surface area (Å²) >= 11 is 1.99. The van der Waals surface area contributed by atoms with Crippen molar-refractivity contribution in [1.82, 2.24) is 10.2 Å². The lowest BCUT2D eigenvalue weighted by molar-refractivity contribution is 0.0711. The fourth-order valence-electron chi connectivity index (χ4n) is 3.71. The van der Waals surface area contributed by atoms with Crippen LogP contribution >= 0.6 is 11.8 Å². The summed E-state index contributed by atoms with van der Waals surface area (Å²) in [5.74, 6) is 3.22. The van der Waals surface area contributed by atoms with Gasteiger partial charge in [0.05, 0.1) is 0 Å². The molecule has 1 saturated heterocycles. The van der Waals surface area contributed by atoms with Crippen LogP contribution in [0.4, 0.5) is 0 Å². The highest BCUT2D eigenvalue weighted by Gasteiger charge is 2.15. The standard InChI is InChI=1S/C22H34N2O2S/c25-21(17-24-12-14-27-15-13-24)18-26-22-9-5-4-8-20(22)16-23-11-10-19-6-2-1-3-7-19/h4-6,8-9,21,23,25H,1-3,7,10-18H2/t21-/m0/s1. The average Bonchev–Trinajstić information content (AvgIpc) is 2.72. The lowest BCUT2D eigenvalue weighted by Crippen LogP contribution is -2.40. The Morgan fingerprint density at radius 1 is 1.19 bits per heavy atom. The number of allylic oxidation sites excluding steroid dienone is 1. The van der Waals surface area contributed by atoms with Crippen LogP contribution in [-0.4, -0.2) is 60.4 Å². The third-order valence-corrected chi connectivity index (χ3v) is 6.24. The summed E-state index contributed by atoms with van der Waals surface area (Å²) in [7, 11) is 0. The molecule has 5 heteroatoms. The summed E-state index contributed by atoms with van der Waals surface area (Å²) in [4.78, 5) is 2.33. The molecule has 27 heavy (non-hydrogen) atoms. The normalized spacial score (nSPS) is 19.5. The number of hydrogen-bond acceptors (Lipinski definition) is 5. The minimum Gasteiger partial charge on any atom is -0.491 e. The number of aliphatic hydroxyl groups excluding tert-OH is 1. The molecule has 1 atom stereocenters. The fourth-order valence-corrected chi connectivity index (χ4v) is 4.69. The van der Waals surface area contributed by atoms with Gasteiger partial charge in [-0.25, -0.2) is 0 Å². The fraction of sp³-hybridized carbons (Fsp3) is 0.636. The molecule has 1 aromatic rings. The molecular weight excluding hydrogens is 356 g/mol. The average molecular weight is 391 g/mol. The highest BCUT2D eigenvalue weighted by molar-refractivity contribution is 7.99. The molecule has 4 nitrogen and oxygen atoms in total. The molecule has 0 unspecified atom stereocenters. The van der Waals surface area contributed by atoms with Gasteiger partial charge >= 0.3 is 0 Å². The van der Waals surface area contributed by atoms with E-state index in [1.807, 2.05) is 23.9 Å². The highest BCUT2D eigenvalue weighted by atomic mass is 32.2. The Morgan fingerprint density at radius 3 is 2.85 bits per heavy atom. The molecule has 0 aromatic heterocycles. The van der Waals surface area contributed by atoms with Gasteiger partial charge in [-0.1, -0.05) is 29.8 Å². The maximum absolute atomic E-state index is 10.3. The zero-order chi connectivity index (χ0) is 18.7. The molecule has 0 spiro atoms. The Bertz CT molecular complexity index is 587. The number of nitrogens with zero attached hydrogens (tertiary/aromatic N) is 1. The van der Waals surface area contributed by atoms with E-state index in [0.717, 1.165) is 43.9 Å². The van der Waals surface area contributed by atoms with Crippen molar-refractivity contribution in [2.75, 3.05) is 44.3 Å². The van der Waals surface area contributed by atoms with Crippen LogP contribution in [0.3, 0.4) is 0 Å². The lowest BCUT2D eigenvalue weighted by atomic mass is 9.97. The van der Waals surface area contributed by atoms with Crippen molar-refractivity contribution in [2.45, 2.75) is 44.8 Å². The van der Waals surface area contributed by atoms with E-state index in [1.165, 1.54) is 37.2 Å². The molecule has 1 aliphatic carbocycles. The van der Waals surface area contributed by atoms with Crippen LogP contribution in [0.2, 0.25) is 0 Å². The second-order valence-electron chi connectivity index (χ2n) is 7.52. The molecular formula is C22H34N2O2S. The number of hydrogen-bond donors (Lipinski definition) is 2. The highest BCUT2D eigenvalue weighted by Crippen LogP contribution is 2.20. The van der Waals surface area contributed by atoms with Crippen molar-refractivity contribution < 1.29 is 9.84 Å². The van der Waals surface area contributed by atoms with E-state index in [9.17, 15) is 5.11 Å². The summed E-state index contributed by atoms with van der Waals surface area (Å²) in [5.41, 5.74) is 2.77. The van der Waals surface area contributed by atoms with Gasteiger partial charge < -0.3 is 15.2 Å². The van der Waals surface area contributed by atoms with E-state index in [0.29, 0.717) is 13.2 Å². The number of ether oxygens (including phenoxy) is 1. The Morgan fingerprint density at radius 2 is 2.04 bits per heavy atom. The van der Waals surface area contributed by atoms with Crippen LogP contribution in [0.1, 0.15) is 37.7 Å². The van der Waals surface area contributed by atoms with Crippen LogP contribution < -0.4 is 10.1 Å². The maximum atomic E-state index is 10.3. The van der Waals surface area contributed by atoms with Gasteiger partial charge in [0.25, 0.3) is 0 Å². The van der Waals surface area contributed by atoms with Crippen molar-refractivity contribution in [3.63, 3.8) is 0 Å². The molecule has 0 bridgehead atoms. The SMILES string of the molecule is O[C@H](COc1ccccc1CNCCC1=CCCCC1)CN1CCSCC1. The second-order valence-corrected chi connectivity index (χ2v) is 8.75. The van der Waals surface area contributed by atoms with Gasteiger partial charge in [0.15, 0.2) is 0 Å². The van der Waals surface area contributed by atoms with Crippen LogP contribution in [-0.2, 0) is 6.54 Å². The topological polar surface area (TPSA) is 44.7 Å².